The molecule has 0 aromatic heterocycles. The third-order valence-corrected chi connectivity index (χ3v) is 6.78. The summed E-state index contributed by atoms with van der Waals surface area (Å²) in [6, 6.07) is 8.35. The van der Waals surface area contributed by atoms with E-state index in [4.69, 9.17) is 18.9 Å². The van der Waals surface area contributed by atoms with Crippen LogP contribution in [0.15, 0.2) is 24.3 Å². The minimum atomic E-state index is -0.610. The Kier molecular flexibility index (Phi) is 8.73. The number of hydrogen-bond acceptors (Lipinski definition) is 10. The van der Waals surface area contributed by atoms with Crippen molar-refractivity contribution in [3.63, 3.8) is 0 Å². The smallest absolute Gasteiger partial charge is 0.317 e. The van der Waals surface area contributed by atoms with Crippen LogP contribution in [0.5, 0.6) is 0 Å². The zero-order chi connectivity index (χ0) is 28.1. The van der Waals surface area contributed by atoms with Crippen molar-refractivity contribution < 1.29 is 38.1 Å². The van der Waals surface area contributed by atoms with Gasteiger partial charge in [0.15, 0.2) is 0 Å². The van der Waals surface area contributed by atoms with Gasteiger partial charge in [0.05, 0.1) is 19.9 Å². The lowest BCUT2D eigenvalue weighted by Crippen LogP contribution is -2.46. The van der Waals surface area contributed by atoms with Gasteiger partial charge < -0.3 is 28.7 Å². The molecule has 208 valence electrons. The number of anilines is 2. The Hall–Kier alpha value is -4.08. The van der Waals surface area contributed by atoms with E-state index in [1.165, 1.54) is 0 Å². The Morgan fingerprint density at radius 3 is 1.41 bits per heavy atom. The number of esters is 4. The fraction of sp³-hybridized carbons (Fsp3) is 0.448. The maximum atomic E-state index is 12.0. The van der Waals surface area contributed by atoms with Gasteiger partial charge in [-0.05, 0) is 73.2 Å². The summed E-state index contributed by atoms with van der Waals surface area (Å²) in [6.45, 7) is 10.0. The number of rotatable bonds is 10. The Bertz CT molecular complexity index is 1190. The number of hydrogen-bond donors (Lipinski definition) is 0. The molecule has 0 saturated carbocycles. The second-order valence-electron chi connectivity index (χ2n) is 9.64. The normalized spacial score (nSPS) is 13.2. The van der Waals surface area contributed by atoms with Crippen LogP contribution in [0.25, 0.3) is 0 Å². The molecule has 2 bridgehead atoms. The van der Waals surface area contributed by atoms with E-state index >= 15 is 0 Å². The van der Waals surface area contributed by atoms with Crippen molar-refractivity contribution in [2.24, 2.45) is 0 Å². The highest BCUT2D eigenvalue weighted by Gasteiger charge is 2.31. The second kappa shape index (κ2) is 12.2. The molecule has 0 spiro atoms. The van der Waals surface area contributed by atoms with E-state index in [-0.39, 0.29) is 26.4 Å². The summed E-state index contributed by atoms with van der Waals surface area (Å²) >= 11 is 0. The van der Waals surface area contributed by atoms with E-state index in [1.54, 1.807) is 13.8 Å². The molecule has 39 heavy (non-hydrogen) atoms. The zero-order valence-electron chi connectivity index (χ0n) is 22.8. The fourth-order valence-electron chi connectivity index (χ4n) is 4.87. The average molecular weight is 539 g/mol. The van der Waals surface area contributed by atoms with Crippen LogP contribution >= 0.6 is 0 Å². The van der Waals surface area contributed by atoms with Gasteiger partial charge in [-0.15, -0.1) is 0 Å². The highest BCUT2D eigenvalue weighted by Crippen LogP contribution is 2.40. The van der Waals surface area contributed by atoms with Gasteiger partial charge >= 0.3 is 23.9 Å². The van der Waals surface area contributed by atoms with Gasteiger partial charge in [0.1, 0.15) is 26.1 Å². The molecule has 4 rings (SSSR count). The van der Waals surface area contributed by atoms with Crippen molar-refractivity contribution in [1.29, 1.82) is 0 Å². The molecule has 0 amide bonds. The van der Waals surface area contributed by atoms with Crippen LogP contribution in [0.3, 0.4) is 0 Å². The largest absolute Gasteiger partial charge is 0.466 e. The van der Waals surface area contributed by atoms with Crippen LogP contribution in [0.2, 0.25) is 0 Å². The van der Waals surface area contributed by atoms with Crippen LogP contribution in [0.1, 0.15) is 60.1 Å². The van der Waals surface area contributed by atoms with Gasteiger partial charge in [0.25, 0.3) is 0 Å². The van der Waals surface area contributed by atoms with Crippen molar-refractivity contribution in [2.75, 3.05) is 29.7 Å². The number of nitrogens with zero attached hydrogens (tertiary/aromatic N) is 2. The van der Waals surface area contributed by atoms with Gasteiger partial charge in [-0.1, -0.05) is 12.1 Å². The molecule has 10 nitrogen and oxygen atoms in total. The Morgan fingerprint density at radius 1 is 0.641 bits per heavy atom. The van der Waals surface area contributed by atoms with Crippen molar-refractivity contribution in [1.82, 2.24) is 0 Å². The topological polar surface area (TPSA) is 112 Å². The van der Waals surface area contributed by atoms with E-state index in [2.05, 4.69) is 34.1 Å². The maximum absolute atomic E-state index is 12.0. The summed E-state index contributed by atoms with van der Waals surface area (Å²) in [4.78, 5) is 51.7. The van der Waals surface area contributed by atoms with Gasteiger partial charge in [0.2, 0.25) is 0 Å². The van der Waals surface area contributed by atoms with Crippen molar-refractivity contribution >= 4 is 35.3 Å². The molecule has 0 saturated heterocycles. The van der Waals surface area contributed by atoms with E-state index in [0.29, 0.717) is 19.8 Å². The number of carbonyl (C=O) groups excluding carboxylic acids is 4. The van der Waals surface area contributed by atoms with Crippen LogP contribution < -0.4 is 9.80 Å². The Morgan fingerprint density at radius 2 is 1.03 bits per heavy atom. The van der Waals surface area contributed by atoms with E-state index in [1.807, 2.05) is 13.8 Å². The lowest BCUT2D eigenvalue weighted by molar-refractivity contribution is -0.156. The summed E-state index contributed by atoms with van der Waals surface area (Å²) < 4.78 is 20.3. The molecule has 2 aromatic carbocycles. The molecular weight excluding hydrogens is 504 g/mol. The Balaban J connectivity index is 1.44. The molecule has 0 fully saturated rings. The van der Waals surface area contributed by atoms with Crippen LogP contribution in [0.4, 0.5) is 11.4 Å². The second-order valence-corrected chi connectivity index (χ2v) is 9.64. The first kappa shape index (κ1) is 27.9. The van der Waals surface area contributed by atoms with E-state index < -0.39 is 36.7 Å². The minimum Gasteiger partial charge on any atom is -0.466 e. The van der Waals surface area contributed by atoms with Crippen LogP contribution in [-0.4, -0.2) is 43.8 Å². The third-order valence-electron chi connectivity index (χ3n) is 6.78. The van der Waals surface area contributed by atoms with E-state index in [0.717, 1.165) is 44.8 Å². The number of carbonyl (C=O) groups is 4. The molecule has 0 unspecified atom stereocenters. The molecule has 0 atom stereocenters. The molecular formula is C29H34N2O8. The Labute approximate surface area is 227 Å². The molecule has 2 aliphatic heterocycles. The highest BCUT2D eigenvalue weighted by molar-refractivity contribution is 5.91. The van der Waals surface area contributed by atoms with Crippen molar-refractivity contribution in [3.05, 3.63) is 57.6 Å². The maximum Gasteiger partial charge on any atom is 0.317 e. The summed E-state index contributed by atoms with van der Waals surface area (Å²) in [5.41, 5.74) is 8.28. The third kappa shape index (κ3) is 6.68. The minimum absolute atomic E-state index is 0.0862. The monoisotopic (exact) mass is 538 g/mol. The highest BCUT2D eigenvalue weighted by atomic mass is 16.6. The number of fused-ring (bicyclic) bond motifs is 6. The number of aryl methyl sites for hydroxylation is 2. The number of benzene rings is 2. The predicted octanol–water partition coefficient (Wildman–Crippen LogP) is 3.59. The van der Waals surface area contributed by atoms with Crippen LogP contribution in [-0.2, 0) is 64.4 Å². The summed E-state index contributed by atoms with van der Waals surface area (Å²) in [6.07, 6.45) is -0.802. The van der Waals surface area contributed by atoms with E-state index in [9.17, 15) is 19.2 Å². The first-order valence-electron chi connectivity index (χ1n) is 13.1. The lowest BCUT2D eigenvalue weighted by atomic mass is 9.95. The fourth-order valence-corrected chi connectivity index (χ4v) is 4.87. The van der Waals surface area contributed by atoms with Gasteiger partial charge in [-0.25, -0.2) is 0 Å². The lowest BCUT2D eigenvalue weighted by Gasteiger charge is -2.45. The summed E-state index contributed by atoms with van der Waals surface area (Å²) in [5.74, 6) is -2.40. The van der Waals surface area contributed by atoms with Crippen molar-refractivity contribution in [2.45, 2.75) is 66.8 Å². The standard InChI is InChI=1S/C29H34N2O8/c1-5-36-26(32)11-28(34)38-15-22-9-24-20(7-18(22)3)13-31-17-30(24)14-21-8-19(4)23(10-25(21)31)16-39-29(35)12-27(33)37-6-2/h7-10H,5-6,11-17H2,1-4H3. The first-order valence-corrected chi connectivity index (χ1v) is 13.1. The molecule has 0 aliphatic carbocycles. The molecule has 0 radical (unpaired) electrons. The summed E-state index contributed by atoms with van der Waals surface area (Å²) in [5, 5.41) is 0. The zero-order valence-corrected chi connectivity index (χ0v) is 22.8. The number of ether oxygens (including phenoxy) is 4. The predicted molar refractivity (Wildman–Crippen MR) is 142 cm³/mol. The van der Waals surface area contributed by atoms with Gasteiger partial charge in [0, 0.05) is 24.5 Å². The average Bonchev–Trinajstić information content (AvgIpc) is 2.87. The van der Waals surface area contributed by atoms with Crippen LogP contribution in [0, 0.1) is 13.8 Å². The van der Waals surface area contributed by atoms with Crippen molar-refractivity contribution in [3.8, 4) is 0 Å². The molecule has 2 heterocycles. The van der Waals surface area contributed by atoms with Gasteiger partial charge in [-0.2, -0.15) is 0 Å². The SMILES string of the molecule is CCOC(=O)CC(=O)OCc1cc2c(cc1C)CN1CN2Cc2cc(C)c(COC(=O)CC(=O)OCC)cc21. The quantitative estimate of drug-likeness (QED) is 0.253. The first-order chi connectivity index (χ1) is 18.7. The summed E-state index contributed by atoms with van der Waals surface area (Å²) in [7, 11) is 0. The molecule has 10 heteroatoms. The van der Waals surface area contributed by atoms with Gasteiger partial charge in [-0.3, -0.25) is 19.2 Å². The molecule has 2 aliphatic rings. The molecule has 0 N–H and O–H groups in total. The molecule has 2 aromatic rings.